The summed E-state index contributed by atoms with van der Waals surface area (Å²) < 4.78 is 0. The van der Waals surface area contributed by atoms with E-state index in [0.29, 0.717) is 6.42 Å². The van der Waals surface area contributed by atoms with Crippen molar-refractivity contribution in [1.82, 2.24) is 4.98 Å². The van der Waals surface area contributed by atoms with Gasteiger partial charge in [0.1, 0.15) is 11.3 Å². The van der Waals surface area contributed by atoms with E-state index in [4.69, 9.17) is 10.8 Å². The van der Waals surface area contributed by atoms with Gasteiger partial charge in [0, 0.05) is 12.8 Å². The van der Waals surface area contributed by atoms with Crippen LogP contribution in [0.25, 0.3) is 21.6 Å². The third-order valence-electron chi connectivity index (χ3n) is 4.11. The van der Waals surface area contributed by atoms with Gasteiger partial charge in [0.2, 0.25) is 5.91 Å². The van der Waals surface area contributed by atoms with E-state index in [-0.39, 0.29) is 23.6 Å². The average molecular weight is 382 g/mol. The zero-order chi connectivity index (χ0) is 19.6. The highest BCUT2D eigenvalue weighted by Gasteiger charge is 2.13. The van der Waals surface area contributed by atoms with E-state index in [1.165, 1.54) is 23.5 Å². The van der Waals surface area contributed by atoms with Crippen LogP contribution >= 0.6 is 11.3 Å². The van der Waals surface area contributed by atoms with E-state index in [1.54, 1.807) is 6.07 Å². The fourth-order valence-electron chi connectivity index (χ4n) is 2.79. The molecule has 27 heavy (non-hydrogen) atoms. The Morgan fingerprint density at radius 3 is 2.48 bits per heavy atom. The number of carboxylic acids is 1. The van der Waals surface area contributed by atoms with Gasteiger partial charge in [-0.15, -0.1) is 11.3 Å². The number of aromatic nitrogens is 1. The minimum absolute atomic E-state index is 0.132. The van der Waals surface area contributed by atoms with Crippen LogP contribution in [0.15, 0.2) is 42.5 Å². The van der Waals surface area contributed by atoms with Crippen molar-refractivity contribution in [2.45, 2.75) is 19.8 Å². The molecule has 0 spiro atoms. The second-order valence-corrected chi connectivity index (χ2v) is 7.19. The maximum absolute atomic E-state index is 11.0. The van der Waals surface area contributed by atoms with Crippen LogP contribution in [0.3, 0.4) is 0 Å². The van der Waals surface area contributed by atoms with Gasteiger partial charge in [0.25, 0.3) is 0 Å². The molecule has 138 valence electrons. The number of thiazole rings is 1. The van der Waals surface area contributed by atoms with Gasteiger partial charge in [0.15, 0.2) is 0 Å². The highest BCUT2D eigenvalue weighted by molar-refractivity contribution is 7.15. The Bertz CT molecular complexity index is 1030. The normalized spacial score (nSPS) is 10.7. The first-order valence-electron chi connectivity index (χ1n) is 8.27. The first-order chi connectivity index (χ1) is 12.8. The summed E-state index contributed by atoms with van der Waals surface area (Å²) in [6, 6.07) is 12.2. The Balaban J connectivity index is 1.93. The molecule has 3 aromatic rings. The number of hydrogen-bond donors (Lipinski definition) is 3. The molecule has 0 saturated carbocycles. The third-order valence-corrected chi connectivity index (χ3v) is 5.38. The Morgan fingerprint density at radius 1 is 1.11 bits per heavy atom. The predicted octanol–water partition coefficient (Wildman–Crippen LogP) is 3.61. The molecule has 6 nitrogen and oxygen atoms in total. The number of phenols is 1. The summed E-state index contributed by atoms with van der Waals surface area (Å²) in [6.45, 7) is 1.92. The molecule has 0 aliphatic heterocycles. The Kier molecular flexibility index (Phi) is 5.23. The number of aromatic carboxylic acids is 1. The predicted molar refractivity (Wildman–Crippen MR) is 104 cm³/mol. The quantitative estimate of drug-likeness (QED) is 0.603. The van der Waals surface area contributed by atoms with Gasteiger partial charge >= 0.3 is 5.97 Å². The molecule has 0 aliphatic carbocycles. The molecule has 0 radical (unpaired) electrons. The Morgan fingerprint density at radius 2 is 1.81 bits per heavy atom. The second-order valence-electron chi connectivity index (χ2n) is 6.11. The number of hydrogen-bond acceptors (Lipinski definition) is 5. The van der Waals surface area contributed by atoms with Gasteiger partial charge < -0.3 is 15.9 Å². The van der Waals surface area contributed by atoms with Gasteiger partial charge in [-0.3, -0.25) is 4.79 Å². The number of aromatic hydroxyl groups is 1. The molecule has 0 aliphatic rings. The lowest BCUT2D eigenvalue weighted by Gasteiger charge is -2.07. The van der Waals surface area contributed by atoms with Crippen molar-refractivity contribution in [2.24, 2.45) is 5.73 Å². The van der Waals surface area contributed by atoms with Crippen LogP contribution in [0.4, 0.5) is 0 Å². The molecule has 0 saturated heterocycles. The van der Waals surface area contributed by atoms with Crippen LogP contribution in [-0.2, 0) is 11.2 Å². The van der Waals surface area contributed by atoms with E-state index in [9.17, 15) is 14.7 Å². The number of nitrogens with two attached hydrogens (primary N) is 1. The smallest absolute Gasteiger partial charge is 0.339 e. The van der Waals surface area contributed by atoms with Crippen LogP contribution in [0.5, 0.6) is 5.75 Å². The Labute approximate surface area is 159 Å². The lowest BCUT2D eigenvalue weighted by molar-refractivity contribution is -0.118. The van der Waals surface area contributed by atoms with Crippen LogP contribution in [0.1, 0.15) is 27.5 Å². The van der Waals surface area contributed by atoms with Crippen molar-refractivity contribution >= 4 is 23.2 Å². The van der Waals surface area contributed by atoms with E-state index >= 15 is 0 Å². The third kappa shape index (κ3) is 4.15. The number of benzene rings is 2. The molecule has 2 aromatic carbocycles. The zero-order valence-corrected chi connectivity index (χ0v) is 15.4. The monoisotopic (exact) mass is 382 g/mol. The summed E-state index contributed by atoms with van der Waals surface area (Å²) in [4.78, 5) is 27.5. The second kappa shape index (κ2) is 7.59. The number of aryl methyl sites for hydroxylation is 2. The molecule has 0 fully saturated rings. The standard InChI is InChI=1S/C20H18N2O4S/c1-11-19(27-18(22-11)8-7-17(21)24)14-4-2-3-12(9-14)13-5-6-15(20(25)26)16(23)10-13/h2-6,9-10,23H,7-8H2,1H3,(H2,21,24)(H,25,26). The maximum atomic E-state index is 11.0. The number of rotatable bonds is 6. The van der Waals surface area contributed by atoms with Gasteiger partial charge in [-0.25, -0.2) is 9.78 Å². The summed E-state index contributed by atoms with van der Waals surface area (Å²) in [6.07, 6.45) is 0.784. The molecule has 4 N–H and O–H groups in total. The summed E-state index contributed by atoms with van der Waals surface area (Å²) in [7, 11) is 0. The zero-order valence-electron chi connectivity index (χ0n) is 14.6. The summed E-state index contributed by atoms with van der Waals surface area (Å²) in [5.74, 6) is -1.79. The molecular formula is C20H18N2O4S. The van der Waals surface area contributed by atoms with E-state index in [2.05, 4.69) is 4.98 Å². The van der Waals surface area contributed by atoms with Gasteiger partial charge in [-0.1, -0.05) is 24.3 Å². The molecule has 1 aromatic heterocycles. The average Bonchev–Trinajstić information content (AvgIpc) is 3.00. The first-order valence-corrected chi connectivity index (χ1v) is 9.08. The summed E-state index contributed by atoms with van der Waals surface area (Å²) in [5, 5.41) is 19.8. The van der Waals surface area contributed by atoms with Crippen LogP contribution in [-0.4, -0.2) is 27.1 Å². The fraction of sp³-hybridized carbons (Fsp3) is 0.150. The lowest BCUT2D eigenvalue weighted by Crippen LogP contribution is -2.11. The van der Waals surface area contributed by atoms with Gasteiger partial charge in [-0.05, 0) is 41.8 Å². The largest absolute Gasteiger partial charge is 0.507 e. The highest BCUT2D eigenvalue weighted by atomic mass is 32.1. The minimum Gasteiger partial charge on any atom is -0.507 e. The Hall–Kier alpha value is -3.19. The van der Waals surface area contributed by atoms with E-state index in [0.717, 1.165) is 32.3 Å². The molecule has 0 bridgehead atoms. The molecule has 0 unspecified atom stereocenters. The number of carboxylic acid groups (broad SMARTS) is 1. The van der Waals surface area contributed by atoms with Crippen molar-refractivity contribution in [3.63, 3.8) is 0 Å². The molecule has 0 atom stereocenters. The van der Waals surface area contributed by atoms with Crippen molar-refractivity contribution in [3.8, 4) is 27.3 Å². The minimum atomic E-state index is -1.17. The number of primary amides is 1. The number of nitrogens with zero attached hydrogens (tertiary/aromatic N) is 1. The molecule has 3 rings (SSSR count). The summed E-state index contributed by atoms with van der Waals surface area (Å²) in [5.41, 5.74) is 8.48. The van der Waals surface area contributed by atoms with Crippen molar-refractivity contribution in [1.29, 1.82) is 0 Å². The van der Waals surface area contributed by atoms with Gasteiger partial charge in [0.05, 0.1) is 15.6 Å². The number of carbonyl (C=O) groups excluding carboxylic acids is 1. The van der Waals surface area contributed by atoms with Crippen molar-refractivity contribution < 1.29 is 19.8 Å². The van der Waals surface area contributed by atoms with Crippen molar-refractivity contribution in [2.75, 3.05) is 0 Å². The molecule has 7 heteroatoms. The molecular weight excluding hydrogens is 364 g/mol. The maximum Gasteiger partial charge on any atom is 0.339 e. The van der Waals surface area contributed by atoms with E-state index in [1.807, 2.05) is 31.2 Å². The first kappa shape index (κ1) is 18.6. The van der Waals surface area contributed by atoms with Crippen LogP contribution in [0.2, 0.25) is 0 Å². The van der Waals surface area contributed by atoms with Crippen molar-refractivity contribution in [3.05, 3.63) is 58.7 Å². The lowest BCUT2D eigenvalue weighted by atomic mass is 10.0. The van der Waals surface area contributed by atoms with Crippen LogP contribution in [0, 0.1) is 6.92 Å². The SMILES string of the molecule is Cc1nc(CCC(N)=O)sc1-c1cccc(-c2ccc(C(=O)O)c(O)c2)c1. The van der Waals surface area contributed by atoms with Crippen LogP contribution < -0.4 is 5.73 Å². The van der Waals surface area contributed by atoms with E-state index < -0.39 is 5.97 Å². The molecule has 1 amide bonds. The van der Waals surface area contributed by atoms with Gasteiger partial charge in [-0.2, -0.15) is 0 Å². The topological polar surface area (TPSA) is 114 Å². The number of carbonyl (C=O) groups is 2. The summed E-state index contributed by atoms with van der Waals surface area (Å²) >= 11 is 1.52. The molecule has 1 heterocycles. The highest BCUT2D eigenvalue weighted by Crippen LogP contribution is 2.34. The number of amides is 1. The fourth-order valence-corrected chi connectivity index (χ4v) is 3.85.